The topological polar surface area (TPSA) is 55.6 Å². The second kappa shape index (κ2) is 6.70. The summed E-state index contributed by atoms with van der Waals surface area (Å²) in [5, 5.41) is 8.02. The fourth-order valence-electron chi connectivity index (χ4n) is 2.11. The summed E-state index contributed by atoms with van der Waals surface area (Å²) in [6, 6.07) is 2.05. The number of hydrogen-bond donors (Lipinski definition) is 1. The van der Waals surface area contributed by atoms with Crippen molar-refractivity contribution in [2.75, 3.05) is 11.9 Å². The van der Waals surface area contributed by atoms with Gasteiger partial charge in [-0.25, -0.2) is 14.6 Å². The maximum absolute atomic E-state index is 4.65. The second-order valence-electron chi connectivity index (χ2n) is 5.56. The van der Waals surface area contributed by atoms with Crippen LogP contribution in [0.1, 0.15) is 57.1 Å². The molecule has 0 saturated carbocycles. The molecule has 0 unspecified atom stereocenters. The number of rotatable bonds is 6. The Morgan fingerprint density at radius 3 is 2.57 bits per heavy atom. The van der Waals surface area contributed by atoms with Gasteiger partial charge in [-0.05, 0) is 25.3 Å². The summed E-state index contributed by atoms with van der Waals surface area (Å²) in [6.07, 6.45) is 3.86. The molecule has 114 valence electrons. The van der Waals surface area contributed by atoms with Crippen LogP contribution in [-0.4, -0.2) is 26.3 Å². The zero-order valence-corrected chi connectivity index (χ0v) is 13.6. The number of aromatic nitrogens is 4. The van der Waals surface area contributed by atoms with Crippen molar-refractivity contribution in [3.8, 4) is 5.82 Å². The average molecular weight is 287 g/mol. The molecule has 2 rings (SSSR count). The molecule has 0 aliphatic rings. The summed E-state index contributed by atoms with van der Waals surface area (Å²) in [6.45, 7) is 11.5. The van der Waals surface area contributed by atoms with Gasteiger partial charge in [0, 0.05) is 24.7 Å². The Labute approximate surface area is 126 Å². The SMILES string of the molecule is CCCNc1nc(CC)nc(-n2ccc(C(C)C)n2)c1C. The lowest BCUT2D eigenvalue weighted by Gasteiger charge is -2.13. The highest BCUT2D eigenvalue weighted by atomic mass is 15.3. The van der Waals surface area contributed by atoms with E-state index in [1.165, 1.54) is 0 Å². The summed E-state index contributed by atoms with van der Waals surface area (Å²) in [5.41, 5.74) is 2.12. The van der Waals surface area contributed by atoms with E-state index in [1.807, 2.05) is 17.8 Å². The average Bonchev–Trinajstić information content (AvgIpc) is 2.96. The maximum atomic E-state index is 4.65. The smallest absolute Gasteiger partial charge is 0.162 e. The third-order valence-electron chi connectivity index (χ3n) is 3.44. The molecule has 5 nitrogen and oxygen atoms in total. The van der Waals surface area contributed by atoms with E-state index in [4.69, 9.17) is 0 Å². The number of hydrogen-bond acceptors (Lipinski definition) is 4. The Morgan fingerprint density at radius 1 is 1.24 bits per heavy atom. The number of nitrogens with one attached hydrogen (secondary N) is 1. The largest absolute Gasteiger partial charge is 0.370 e. The summed E-state index contributed by atoms with van der Waals surface area (Å²) >= 11 is 0. The Kier molecular flexibility index (Phi) is 4.94. The lowest BCUT2D eigenvalue weighted by molar-refractivity contribution is 0.744. The van der Waals surface area contributed by atoms with E-state index >= 15 is 0 Å². The summed E-state index contributed by atoms with van der Waals surface area (Å²) in [4.78, 5) is 9.24. The van der Waals surface area contributed by atoms with Crippen LogP contribution >= 0.6 is 0 Å². The molecule has 0 radical (unpaired) electrons. The van der Waals surface area contributed by atoms with Crippen molar-refractivity contribution in [2.24, 2.45) is 0 Å². The first-order valence-electron chi connectivity index (χ1n) is 7.74. The summed E-state index contributed by atoms with van der Waals surface area (Å²) in [5.74, 6) is 3.04. The molecule has 0 saturated heterocycles. The number of nitrogens with zero attached hydrogens (tertiary/aromatic N) is 4. The molecular weight excluding hydrogens is 262 g/mol. The summed E-state index contributed by atoms with van der Waals surface area (Å²) < 4.78 is 1.86. The maximum Gasteiger partial charge on any atom is 0.162 e. The molecule has 5 heteroatoms. The third-order valence-corrected chi connectivity index (χ3v) is 3.44. The zero-order valence-electron chi connectivity index (χ0n) is 13.6. The van der Waals surface area contributed by atoms with E-state index in [0.717, 1.165) is 48.1 Å². The normalized spacial score (nSPS) is 11.1. The van der Waals surface area contributed by atoms with E-state index in [2.05, 4.69) is 54.1 Å². The van der Waals surface area contributed by atoms with Crippen molar-refractivity contribution in [3.63, 3.8) is 0 Å². The van der Waals surface area contributed by atoms with Crippen molar-refractivity contribution >= 4 is 5.82 Å². The van der Waals surface area contributed by atoms with E-state index in [-0.39, 0.29) is 0 Å². The fourth-order valence-corrected chi connectivity index (χ4v) is 2.11. The molecule has 2 aromatic rings. The van der Waals surface area contributed by atoms with E-state index in [9.17, 15) is 0 Å². The van der Waals surface area contributed by atoms with Crippen LogP contribution in [0.15, 0.2) is 12.3 Å². The Hall–Kier alpha value is -1.91. The first-order valence-corrected chi connectivity index (χ1v) is 7.74. The highest BCUT2D eigenvalue weighted by Gasteiger charge is 2.13. The third kappa shape index (κ3) is 3.40. The molecule has 2 aromatic heterocycles. The molecule has 0 atom stereocenters. The van der Waals surface area contributed by atoms with Gasteiger partial charge in [-0.2, -0.15) is 5.10 Å². The molecule has 0 fully saturated rings. The van der Waals surface area contributed by atoms with Crippen molar-refractivity contribution in [1.29, 1.82) is 0 Å². The van der Waals surface area contributed by atoms with Gasteiger partial charge in [0.1, 0.15) is 11.6 Å². The molecule has 0 bridgehead atoms. The second-order valence-corrected chi connectivity index (χ2v) is 5.56. The fraction of sp³-hybridized carbons (Fsp3) is 0.562. The van der Waals surface area contributed by atoms with Crippen LogP contribution in [0.5, 0.6) is 0 Å². The van der Waals surface area contributed by atoms with Crippen molar-refractivity contribution < 1.29 is 0 Å². The van der Waals surface area contributed by atoms with Gasteiger partial charge in [0.25, 0.3) is 0 Å². The number of aryl methyl sites for hydroxylation is 1. The monoisotopic (exact) mass is 287 g/mol. The molecule has 0 amide bonds. The van der Waals surface area contributed by atoms with Gasteiger partial charge in [0.15, 0.2) is 5.82 Å². The Balaban J connectivity index is 2.45. The lowest BCUT2D eigenvalue weighted by Crippen LogP contribution is -2.12. The van der Waals surface area contributed by atoms with Gasteiger partial charge in [-0.3, -0.25) is 0 Å². The van der Waals surface area contributed by atoms with Gasteiger partial charge < -0.3 is 5.32 Å². The quantitative estimate of drug-likeness (QED) is 0.883. The van der Waals surface area contributed by atoms with E-state index < -0.39 is 0 Å². The molecule has 0 spiro atoms. The molecule has 2 heterocycles. The first kappa shape index (κ1) is 15.5. The molecule has 0 aromatic carbocycles. The zero-order chi connectivity index (χ0) is 15.4. The van der Waals surface area contributed by atoms with Gasteiger partial charge in [0.2, 0.25) is 0 Å². The highest BCUT2D eigenvalue weighted by molar-refractivity contribution is 5.51. The molecule has 0 aliphatic carbocycles. The van der Waals surface area contributed by atoms with E-state index in [0.29, 0.717) is 5.92 Å². The molecule has 1 N–H and O–H groups in total. The van der Waals surface area contributed by atoms with Crippen LogP contribution in [0.2, 0.25) is 0 Å². The molecule has 21 heavy (non-hydrogen) atoms. The Bertz CT molecular complexity index is 601. The van der Waals surface area contributed by atoms with Crippen molar-refractivity contribution in [3.05, 3.63) is 29.3 Å². The van der Waals surface area contributed by atoms with Crippen molar-refractivity contribution in [2.45, 2.75) is 53.4 Å². The predicted octanol–water partition coefficient (Wildman–Crippen LogP) is 3.48. The van der Waals surface area contributed by atoms with E-state index in [1.54, 1.807) is 0 Å². The van der Waals surface area contributed by atoms with Crippen LogP contribution < -0.4 is 5.32 Å². The minimum Gasteiger partial charge on any atom is -0.370 e. The van der Waals surface area contributed by atoms with Gasteiger partial charge in [-0.15, -0.1) is 0 Å². The van der Waals surface area contributed by atoms with Crippen LogP contribution in [0, 0.1) is 6.92 Å². The minimum atomic E-state index is 0.414. The number of anilines is 1. The standard InChI is InChI=1S/C16H25N5/c1-6-9-17-15-12(5)16(19-14(7-2)18-15)21-10-8-13(20-21)11(3)4/h8,10-11H,6-7,9H2,1-5H3,(H,17,18,19). The van der Waals surface area contributed by atoms with Crippen LogP contribution in [0.4, 0.5) is 5.82 Å². The summed E-state index contributed by atoms with van der Waals surface area (Å²) in [7, 11) is 0. The predicted molar refractivity (Wildman–Crippen MR) is 86.1 cm³/mol. The van der Waals surface area contributed by atoms with Crippen LogP contribution in [0.25, 0.3) is 5.82 Å². The first-order chi connectivity index (χ1) is 10.1. The van der Waals surface area contributed by atoms with Gasteiger partial charge in [-0.1, -0.05) is 27.7 Å². The Morgan fingerprint density at radius 2 is 2.00 bits per heavy atom. The molecule has 0 aliphatic heterocycles. The molecular formula is C16H25N5. The van der Waals surface area contributed by atoms with Crippen molar-refractivity contribution in [1.82, 2.24) is 19.7 Å². The minimum absolute atomic E-state index is 0.414. The lowest BCUT2D eigenvalue weighted by atomic mass is 10.1. The van der Waals surface area contributed by atoms with Gasteiger partial charge >= 0.3 is 0 Å². The van der Waals surface area contributed by atoms with Gasteiger partial charge in [0.05, 0.1) is 5.69 Å². The van der Waals surface area contributed by atoms with Crippen LogP contribution in [0.3, 0.4) is 0 Å². The highest BCUT2D eigenvalue weighted by Crippen LogP contribution is 2.20. The van der Waals surface area contributed by atoms with Crippen LogP contribution in [-0.2, 0) is 6.42 Å².